The van der Waals surface area contributed by atoms with Gasteiger partial charge in [0.05, 0.1) is 12.1 Å². The summed E-state index contributed by atoms with van der Waals surface area (Å²) in [6, 6.07) is 1.23. The maximum Gasteiger partial charge on any atom is 0.161 e. The van der Waals surface area contributed by atoms with Crippen molar-refractivity contribution in [3.8, 4) is 0 Å². The van der Waals surface area contributed by atoms with Crippen LogP contribution in [0.1, 0.15) is 44.7 Å². The SMILES string of the molecule is CC(C)C1=CC2=C(CC1)NC(c1cc(F)c(F)cc1F)C1CCOC21. The van der Waals surface area contributed by atoms with Crippen molar-refractivity contribution < 1.29 is 17.9 Å². The number of hydrogen-bond acceptors (Lipinski definition) is 2. The molecular weight excluding hydrogens is 327 g/mol. The molecule has 0 amide bonds. The van der Waals surface area contributed by atoms with Gasteiger partial charge in [0.2, 0.25) is 0 Å². The van der Waals surface area contributed by atoms with Gasteiger partial charge >= 0.3 is 0 Å². The summed E-state index contributed by atoms with van der Waals surface area (Å²) in [6.07, 6.45) is 4.67. The van der Waals surface area contributed by atoms with E-state index in [2.05, 4.69) is 25.2 Å². The van der Waals surface area contributed by atoms with Gasteiger partial charge in [-0.3, -0.25) is 0 Å². The van der Waals surface area contributed by atoms with Gasteiger partial charge in [-0.15, -0.1) is 0 Å². The van der Waals surface area contributed by atoms with Crippen LogP contribution in [-0.4, -0.2) is 12.7 Å². The average Bonchev–Trinajstić information content (AvgIpc) is 3.07. The molecule has 2 heterocycles. The average molecular weight is 349 g/mol. The predicted molar refractivity (Wildman–Crippen MR) is 89.2 cm³/mol. The molecule has 2 nitrogen and oxygen atoms in total. The fourth-order valence-corrected chi connectivity index (χ4v) is 4.28. The molecular formula is C20H22F3NO. The molecule has 1 saturated heterocycles. The zero-order valence-corrected chi connectivity index (χ0v) is 14.4. The van der Waals surface area contributed by atoms with Gasteiger partial charge in [0.25, 0.3) is 0 Å². The highest BCUT2D eigenvalue weighted by Crippen LogP contribution is 2.45. The zero-order valence-electron chi connectivity index (χ0n) is 14.4. The summed E-state index contributed by atoms with van der Waals surface area (Å²) in [5.41, 5.74) is 3.77. The van der Waals surface area contributed by atoms with E-state index >= 15 is 0 Å². The van der Waals surface area contributed by atoms with Crippen molar-refractivity contribution in [3.05, 3.63) is 58.1 Å². The van der Waals surface area contributed by atoms with E-state index in [9.17, 15) is 13.2 Å². The Hall–Kier alpha value is -1.75. The fourth-order valence-electron chi connectivity index (χ4n) is 4.28. The molecule has 0 radical (unpaired) electrons. The summed E-state index contributed by atoms with van der Waals surface area (Å²) in [7, 11) is 0. The Balaban J connectivity index is 1.75. The molecule has 3 atom stereocenters. The summed E-state index contributed by atoms with van der Waals surface area (Å²) in [5, 5.41) is 3.42. The van der Waals surface area contributed by atoms with Gasteiger partial charge in [0.1, 0.15) is 5.82 Å². The molecule has 134 valence electrons. The minimum atomic E-state index is -1.15. The van der Waals surface area contributed by atoms with Crippen molar-refractivity contribution in [1.82, 2.24) is 5.32 Å². The van der Waals surface area contributed by atoms with E-state index in [1.807, 2.05) is 0 Å². The first kappa shape index (κ1) is 16.7. The second-order valence-corrected chi connectivity index (χ2v) is 7.46. The summed E-state index contributed by atoms with van der Waals surface area (Å²) >= 11 is 0. The molecule has 1 aliphatic carbocycles. The lowest BCUT2D eigenvalue weighted by Gasteiger charge is -2.39. The van der Waals surface area contributed by atoms with Crippen LogP contribution in [0.4, 0.5) is 13.2 Å². The van der Waals surface area contributed by atoms with Crippen LogP contribution in [0, 0.1) is 29.3 Å². The predicted octanol–water partition coefficient (Wildman–Crippen LogP) is 4.78. The second kappa shape index (κ2) is 6.20. The Morgan fingerprint density at radius 3 is 2.60 bits per heavy atom. The first-order valence-electron chi connectivity index (χ1n) is 8.91. The van der Waals surface area contributed by atoms with E-state index in [-0.39, 0.29) is 17.6 Å². The number of benzene rings is 1. The summed E-state index contributed by atoms with van der Waals surface area (Å²) in [5.74, 6) is -2.38. The van der Waals surface area contributed by atoms with Gasteiger partial charge in [-0.2, -0.15) is 0 Å². The molecule has 1 aromatic carbocycles. The van der Waals surface area contributed by atoms with Crippen molar-refractivity contribution >= 4 is 0 Å². The fraction of sp³-hybridized carbons (Fsp3) is 0.500. The smallest absolute Gasteiger partial charge is 0.161 e. The quantitative estimate of drug-likeness (QED) is 0.776. The van der Waals surface area contributed by atoms with Crippen molar-refractivity contribution in [2.75, 3.05) is 6.61 Å². The van der Waals surface area contributed by atoms with Gasteiger partial charge in [-0.1, -0.05) is 25.5 Å². The first-order valence-corrected chi connectivity index (χ1v) is 8.91. The molecule has 0 bridgehead atoms. The molecule has 1 fully saturated rings. The summed E-state index contributed by atoms with van der Waals surface area (Å²) < 4.78 is 47.3. The highest BCUT2D eigenvalue weighted by Gasteiger charge is 2.43. The van der Waals surface area contributed by atoms with Crippen molar-refractivity contribution in [2.45, 2.75) is 45.3 Å². The molecule has 0 spiro atoms. The van der Waals surface area contributed by atoms with Crippen LogP contribution in [0.2, 0.25) is 0 Å². The normalized spacial score (nSPS) is 28.6. The Kier molecular flexibility index (Phi) is 4.14. The molecule has 1 N–H and O–H groups in total. The third-order valence-electron chi connectivity index (χ3n) is 5.67. The Morgan fingerprint density at radius 2 is 1.84 bits per heavy atom. The van der Waals surface area contributed by atoms with E-state index in [1.165, 1.54) is 5.57 Å². The van der Waals surface area contributed by atoms with Crippen LogP contribution >= 0.6 is 0 Å². The monoisotopic (exact) mass is 349 g/mol. The van der Waals surface area contributed by atoms with Crippen LogP contribution in [0.5, 0.6) is 0 Å². The van der Waals surface area contributed by atoms with E-state index in [0.717, 1.165) is 36.6 Å². The molecule has 0 aromatic heterocycles. The highest BCUT2D eigenvalue weighted by molar-refractivity contribution is 5.42. The van der Waals surface area contributed by atoms with Crippen molar-refractivity contribution in [3.63, 3.8) is 0 Å². The van der Waals surface area contributed by atoms with Gasteiger partial charge in [0.15, 0.2) is 11.6 Å². The number of nitrogens with one attached hydrogen (secondary N) is 1. The Labute approximate surface area is 145 Å². The van der Waals surface area contributed by atoms with Gasteiger partial charge in [-0.05, 0) is 31.2 Å². The summed E-state index contributed by atoms with van der Waals surface area (Å²) in [4.78, 5) is 0. The number of ether oxygens (including phenoxy) is 1. The third kappa shape index (κ3) is 2.78. The van der Waals surface area contributed by atoms with Crippen molar-refractivity contribution in [1.29, 1.82) is 0 Å². The highest BCUT2D eigenvalue weighted by atomic mass is 19.2. The largest absolute Gasteiger partial charge is 0.381 e. The van der Waals surface area contributed by atoms with Crippen LogP contribution in [-0.2, 0) is 4.74 Å². The van der Waals surface area contributed by atoms with E-state index in [4.69, 9.17) is 4.74 Å². The molecule has 5 heteroatoms. The first-order chi connectivity index (χ1) is 12.0. The third-order valence-corrected chi connectivity index (χ3v) is 5.67. The lowest BCUT2D eigenvalue weighted by Crippen LogP contribution is -2.41. The molecule has 25 heavy (non-hydrogen) atoms. The topological polar surface area (TPSA) is 21.3 Å². The number of hydrogen-bond donors (Lipinski definition) is 1. The van der Waals surface area contributed by atoms with Gasteiger partial charge < -0.3 is 10.1 Å². The van der Waals surface area contributed by atoms with Crippen LogP contribution < -0.4 is 5.32 Å². The molecule has 1 aromatic rings. The van der Waals surface area contributed by atoms with Crippen LogP contribution in [0.15, 0.2) is 35.1 Å². The van der Waals surface area contributed by atoms with E-state index in [1.54, 1.807) is 0 Å². The van der Waals surface area contributed by atoms with E-state index < -0.39 is 23.5 Å². The Morgan fingerprint density at radius 1 is 1.08 bits per heavy atom. The second-order valence-electron chi connectivity index (χ2n) is 7.46. The standard InChI is InChI=1S/C20H22F3NO/c1-10(2)11-3-4-18-14(7-11)20-12(5-6-25-20)19(24-18)13-8-16(22)17(23)9-15(13)21/h7-10,12,19-20,24H,3-6H2,1-2H3. The molecule has 0 saturated carbocycles. The number of fused-ring (bicyclic) bond motifs is 2. The number of rotatable bonds is 2. The maximum atomic E-state index is 14.3. The van der Waals surface area contributed by atoms with Gasteiger partial charge in [-0.25, -0.2) is 13.2 Å². The maximum absolute atomic E-state index is 14.3. The minimum Gasteiger partial charge on any atom is -0.381 e. The van der Waals surface area contributed by atoms with E-state index in [0.29, 0.717) is 18.6 Å². The van der Waals surface area contributed by atoms with Crippen LogP contribution in [0.3, 0.4) is 0 Å². The summed E-state index contributed by atoms with van der Waals surface area (Å²) in [6.45, 7) is 4.96. The van der Waals surface area contributed by atoms with Gasteiger partial charge in [0, 0.05) is 35.4 Å². The molecule has 4 rings (SSSR count). The molecule has 2 aliphatic heterocycles. The number of halogens is 3. The minimum absolute atomic E-state index is 0.0147. The lowest BCUT2D eigenvalue weighted by atomic mass is 9.77. The van der Waals surface area contributed by atoms with Crippen LogP contribution in [0.25, 0.3) is 0 Å². The zero-order chi connectivity index (χ0) is 17.7. The number of allylic oxidation sites excluding steroid dienone is 2. The Bertz CT molecular complexity index is 768. The van der Waals surface area contributed by atoms with Crippen molar-refractivity contribution in [2.24, 2.45) is 11.8 Å². The lowest BCUT2D eigenvalue weighted by molar-refractivity contribution is 0.102. The molecule has 3 aliphatic rings. The molecule has 3 unspecified atom stereocenters.